The Hall–Kier alpha value is -5.53. The van der Waals surface area contributed by atoms with Crippen LogP contribution in [-0.2, 0) is 32.0 Å². The lowest BCUT2D eigenvalue weighted by Crippen LogP contribution is -2.58. The first kappa shape index (κ1) is 38.7. The molecule has 2 bridgehead atoms. The van der Waals surface area contributed by atoms with Gasteiger partial charge < -0.3 is 35.6 Å². The highest BCUT2D eigenvalue weighted by Crippen LogP contribution is 2.30. The van der Waals surface area contributed by atoms with Gasteiger partial charge in [0.25, 0.3) is 5.91 Å². The molecule has 6 rings (SSSR count). The summed E-state index contributed by atoms with van der Waals surface area (Å²) in [5.41, 5.74) is 1.46. The molecule has 2 aliphatic heterocycles. The van der Waals surface area contributed by atoms with Crippen molar-refractivity contribution in [2.24, 2.45) is 11.8 Å². The van der Waals surface area contributed by atoms with Crippen LogP contribution in [0.2, 0.25) is 0 Å². The summed E-state index contributed by atoms with van der Waals surface area (Å²) in [7, 11) is 1.55. The van der Waals surface area contributed by atoms with Crippen molar-refractivity contribution in [3.63, 3.8) is 0 Å². The Labute approximate surface area is 309 Å². The Morgan fingerprint density at radius 3 is 2.36 bits per heavy atom. The Morgan fingerprint density at radius 1 is 0.981 bits per heavy atom. The number of rotatable bonds is 9. The molecule has 53 heavy (non-hydrogen) atoms. The van der Waals surface area contributed by atoms with Gasteiger partial charge in [0.15, 0.2) is 0 Å². The topological polar surface area (TPSA) is 181 Å². The molecule has 0 unspecified atom stereocenters. The highest BCUT2D eigenvalue weighted by molar-refractivity contribution is 5.98. The minimum absolute atomic E-state index is 0.0224. The maximum atomic E-state index is 14.1. The smallest absolute Gasteiger partial charge is 0.272 e. The quantitative estimate of drug-likeness (QED) is 0.241. The zero-order chi connectivity index (χ0) is 37.9. The van der Waals surface area contributed by atoms with E-state index in [0.717, 1.165) is 18.4 Å². The SMILES string of the molecule is COc1ccc(C[C@@H]2NC(=O)[C@@H](NC(=O)c3cnccn3)Cc3ccc(cc3)OC[C@H](CC(C)C)NC(=O)CN(CC3CC3)C(=O)[C@@H](C)NC2=O)cc1. The first-order chi connectivity index (χ1) is 25.5. The van der Waals surface area contributed by atoms with Crippen molar-refractivity contribution in [3.05, 3.63) is 83.9 Å². The number of methoxy groups -OCH3 is 1. The van der Waals surface area contributed by atoms with Crippen LogP contribution < -0.4 is 30.7 Å². The summed E-state index contributed by atoms with van der Waals surface area (Å²) >= 11 is 0. The summed E-state index contributed by atoms with van der Waals surface area (Å²) in [6, 6.07) is 10.6. The molecule has 2 aromatic carbocycles. The predicted molar refractivity (Wildman–Crippen MR) is 196 cm³/mol. The number of hydrogen-bond donors (Lipinski definition) is 4. The second-order valence-electron chi connectivity index (χ2n) is 14.2. The van der Waals surface area contributed by atoms with Crippen LogP contribution in [-0.4, -0.2) is 95.4 Å². The maximum absolute atomic E-state index is 14.1. The van der Waals surface area contributed by atoms with E-state index in [2.05, 4.69) is 45.1 Å². The molecule has 3 heterocycles. The van der Waals surface area contributed by atoms with E-state index in [0.29, 0.717) is 30.0 Å². The van der Waals surface area contributed by atoms with Crippen molar-refractivity contribution in [2.75, 3.05) is 26.8 Å². The van der Waals surface area contributed by atoms with Crippen LogP contribution in [0, 0.1) is 11.8 Å². The molecular formula is C39H49N7O7. The predicted octanol–water partition coefficient (Wildman–Crippen LogP) is 2.22. The van der Waals surface area contributed by atoms with E-state index in [-0.39, 0.29) is 55.5 Å². The van der Waals surface area contributed by atoms with Crippen molar-refractivity contribution in [3.8, 4) is 11.5 Å². The van der Waals surface area contributed by atoms with Crippen LogP contribution in [0.4, 0.5) is 0 Å². The lowest BCUT2D eigenvalue weighted by atomic mass is 10.0. The zero-order valence-electron chi connectivity index (χ0n) is 30.7. The van der Waals surface area contributed by atoms with Gasteiger partial charge in [-0.05, 0) is 73.4 Å². The van der Waals surface area contributed by atoms with Gasteiger partial charge in [0.1, 0.15) is 41.9 Å². The third kappa shape index (κ3) is 11.7. The molecule has 1 aliphatic carbocycles. The third-order valence-corrected chi connectivity index (χ3v) is 9.14. The highest BCUT2D eigenvalue weighted by Gasteiger charge is 2.34. The second kappa shape index (κ2) is 18.3. The molecule has 3 aliphatic rings. The summed E-state index contributed by atoms with van der Waals surface area (Å²) in [5.74, 6) is -0.813. The maximum Gasteiger partial charge on any atom is 0.272 e. The van der Waals surface area contributed by atoms with Crippen molar-refractivity contribution in [2.45, 2.75) is 77.0 Å². The average Bonchev–Trinajstić information content (AvgIpc) is 3.97. The Morgan fingerprint density at radius 2 is 1.72 bits per heavy atom. The average molecular weight is 728 g/mol. The van der Waals surface area contributed by atoms with E-state index in [4.69, 9.17) is 9.47 Å². The number of carbonyl (C=O) groups is 5. The van der Waals surface area contributed by atoms with Gasteiger partial charge >= 0.3 is 0 Å². The lowest BCUT2D eigenvalue weighted by Gasteiger charge is -2.29. The molecule has 14 heteroatoms. The zero-order valence-corrected chi connectivity index (χ0v) is 30.7. The van der Waals surface area contributed by atoms with Gasteiger partial charge in [-0.1, -0.05) is 38.1 Å². The molecule has 4 atom stereocenters. The van der Waals surface area contributed by atoms with Crippen LogP contribution in [0.15, 0.2) is 67.1 Å². The number of nitrogens with zero attached hydrogens (tertiary/aromatic N) is 3. The van der Waals surface area contributed by atoms with Crippen molar-refractivity contribution >= 4 is 29.5 Å². The Balaban J connectivity index is 1.47. The van der Waals surface area contributed by atoms with Crippen molar-refractivity contribution in [1.29, 1.82) is 0 Å². The molecule has 1 aromatic heterocycles. The molecule has 4 N–H and O–H groups in total. The largest absolute Gasteiger partial charge is 0.497 e. The third-order valence-electron chi connectivity index (χ3n) is 9.14. The standard InChI is InChI=1S/C39H49N7O7/c1-24(2)17-29-23-53-31-13-9-27(10-14-31)19-33(45-38(50)34-20-40-15-16-41-34)37(49)44-32(18-26-7-11-30(52-4)12-8-26)36(48)42-25(3)39(51)46(21-28-5-6-28)22-35(47)43-29/h7-16,20,24-25,28-29,32-33H,5-6,17-19,21-23H2,1-4H3,(H,42,48)(H,43,47)(H,44,49)(H,45,50)/t25-,29+,32+,33+/m1/s1. The number of hydrogen-bond acceptors (Lipinski definition) is 9. The number of nitrogens with one attached hydrogen (secondary N) is 4. The van der Waals surface area contributed by atoms with E-state index >= 15 is 0 Å². The molecule has 0 radical (unpaired) electrons. The number of carbonyl (C=O) groups excluding carboxylic acids is 5. The molecular weight excluding hydrogens is 678 g/mol. The normalized spacial score (nSPS) is 21.9. The summed E-state index contributed by atoms with van der Waals surface area (Å²) in [6.45, 7) is 6.12. The minimum Gasteiger partial charge on any atom is -0.497 e. The number of ether oxygens (including phenoxy) is 2. The van der Waals surface area contributed by atoms with E-state index in [1.54, 1.807) is 62.6 Å². The van der Waals surface area contributed by atoms with E-state index < -0.39 is 41.8 Å². The number of benzene rings is 2. The molecule has 0 saturated heterocycles. The number of amides is 5. The first-order valence-electron chi connectivity index (χ1n) is 18.1. The van der Waals surface area contributed by atoms with Gasteiger partial charge in [0, 0.05) is 31.8 Å². The summed E-state index contributed by atoms with van der Waals surface area (Å²) in [5, 5.41) is 11.4. The number of fused-ring (bicyclic) bond motifs is 17. The lowest BCUT2D eigenvalue weighted by molar-refractivity contribution is -0.140. The van der Waals surface area contributed by atoms with Crippen LogP contribution in [0.3, 0.4) is 0 Å². The molecule has 282 valence electrons. The van der Waals surface area contributed by atoms with E-state index in [1.807, 2.05) is 0 Å². The molecule has 3 aromatic rings. The highest BCUT2D eigenvalue weighted by atomic mass is 16.5. The fourth-order valence-electron chi connectivity index (χ4n) is 6.17. The van der Waals surface area contributed by atoms with Crippen molar-refractivity contribution < 1.29 is 33.4 Å². The minimum atomic E-state index is -1.14. The van der Waals surface area contributed by atoms with Gasteiger partial charge in [-0.15, -0.1) is 0 Å². The van der Waals surface area contributed by atoms with Crippen LogP contribution >= 0.6 is 0 Å². The summed E-state index contributed by atoms with van der Waals surface area (Å²) in [4.78, 5) is 78.1. The summed E-state index contributed by atoms with van der Waals surface area (Å²) < 4.78 is 11.4. The monoisotopic (exact) mass is 727 g/mol. The van der Waals surface area contributed by atoms with Gasteiger partial charge in [-0.3, -0.25) is 29.0 Å². The van der Waals surface area contributed by atoms with Gasteiger partial charge in [-0.2, -0.15) is 0 Å². The Bertz CT molecular complexity index is 1720. The van der Waals surface area contributed by atoms with Crippen LogP contribution in [0.1, 0.15) is 61.6 Å². The first-order valence-corrected chi connectivity index (χ1v) is 18.1. The van der Waals surface area contributed by atoms with Gasteiger partial charge in [0.2, 0.25) is 23.6 Å². The second-order valence-corrected chi connectivity index (χ2v) is 14.2. The van der Waals surface area contributed by atoms with E-state index in [9.17, 15) is 24.0 Å². The van der Waals surface area contributed by atoms with Crippen molar-refractivity contribution in [1.82, 2.24) is 36.1 Å². The molecule has 1 fully saturated rings. The molecule has 5 amide bonds. The van der Waals surface area contributed by atoms with Crippen LogP contribution in [0.25, 0.3) is 0 Å². The fraction of sp³-hybridized carbons (Fsp3) is 0.462. The number of aromatic nitrogens is 2. The van der Waals surface area contributed by atoms with Gasteiger partial charge in [0.05, 0.1) is 25.9 Å². The summed E-state index contributed by atoms with van der Waals surface area (Å²) in [6.07, 6.45) is 6.83. The van der Waals surface area contributed by atoms with Gasteiger partial charge in [-0.25, -0.2) is 4.98 Å². The molecule has 1 saturated carbocycles. The fourth-order valence-corrected chi connectivity index (χ4v) is 6.17. The van der Waals surface area contributed by atoms with Crippen LogP contribution in [0.5, 0.6) is 11.5 Å². The molecule has 14 nitrogen and oxygen atoms in total. The van der Waals surface area contributed by atoms with E-state index in [1.165, 1.54) is 23.5 Å². The Kier molecular flexibility index (Phi) is 13.4. The molecule has 0 spiro atoms.